The molecule has 0 atom stereocenters. The highest BCUT2D eigenvalue weighted by molar-refractivity contribution is 7.13. The Labute approximate surface area is 838 Å². The first-order valence-corrected chi connectivity index (χ1v) is 50.1. The van der Waals surface area contributed by atoms with E-state index in [-0.39, 0.29) is 11.6 Å². The molecule has 0 radical (unpaired) electrons. The molecule has 25 heteroatoms. The molecule has 728 valence electrons. The number of aryl methyl sites for hydroxylation is 4. The van der Waals surface area contributed by atoms with E-state index in [1.165, 1.54) is 101 Å². The summed E-state index contributed by atoms with van der Waals surface area (Å²) in [5.41, 5.74) is 35.6. The topological polar surface area (TPSA) is 272 Å². The molecule has 8 aromatic carbocycles. The summed E-state index contributed by atoms with van der Waals surface area (Å²) in [5.74, 6) is 0.758. The monoisotopic (exact) mass is 1940 g/mol. The molecule has 0 unspecified atom stereocenters. The Hall–Kier alpha value is -14.3. The lowest BCUT2D eigenvalue weighted by Gasteiger charge is -2.31. The minimum atomic E-state index is -1.02. The van der Waals surface area contributed by atoms with Crippen molar-refractivity contribution in [1.29, 1.82) is 0 Å². The van der Waals surface area contributed by atoms with Gasteiger partial charge in [0.05, 0.1) is 46.3 Å². The lowest BCUT2D eigenvalue weighted by Crippen LogP contribution is -2.36. The Kier molecular flexibility index (Phi) is 30.9. The van der Waals surface area contributed by atoms with Gasteiger partial charge >= 0.3 is 23.9 Å². The molecule has 15 aromatic rings. The number of hydrogen-bond donors (Lipinski definition) is 4. The van der Waals surface area contributed by atoms with Crippen LogP contribution in [0.15, 0.2) is 223 Å². The molecule has 12 heterocycles. The summed E-state index contributed by atoms with van der Waals surface area (Å²) in [7, 11) is 10.3. The summed E-state index contributed by atoms with van der Waals surface area (Å²) in [6, 6.07) is 70.3. The fourth-order valence-corrected chi connectivity index (χ4v) is 21.3. The first-order valence-electron chi connectivity index (χ1n) is 48.3. The number of likely N-dealkylation sites (N-methyl/N-ethyl adjacent to an activating group) is 4. The average Bonchev–Trinajstić information content (AvgIpc) is 1.38. The number of piperidine rings is 1. The van der Waals surface area contributed by atoms with Gasteiger partial charge in [0.2, 0.25) is 0 Å². The summed E-state index contributed by atoms with van der Waals surface area (Å²) in [4.78, 5) is 81.9. The highest BCUT2D eigenvalue weighted by atomic mass is 32.1. The number of benzene rings is 8. The Morgan fingerprint density at radius 3 is 1.08 bits per heavy atom. The fourth-order valence-electron chi connectivity index (χ4n) is 19.5. The number of hydrogen-bond acceptors (Lipinski definition) is 20. The third-order valence-corrected chi connectivity index (χ3v) is 29.9. The fraction of sp³-hybridized carbons (Fsp3) is 0.291. The zero-order valence-corrected chi connectivity index (χ0v) is 84.5. The number of aliphatic carboxylic acids is 1. The van der Waals surface area contributed by atoms with Gasteiger partial charge in [-0.1, -0.05) is 131 Å². The van der Waals surface area contributed by atoms with Crippen molar-refractivity contribution in [1.82, 2.24) is 49.1 Å². The van der Waals surface area contributed by atoms with Crippen LogP contribution in [0.5, 0.6) is 23.0 Å². The van der Waals surface area contributed by atoms with Crippen molar-refractivity contribution in [2.24, 2.45) is 13.0 Å². The maximum Gasteiger partial charge on any atom is 0.354 e. The second-order valence-corrected chi connectivity index (χ2v) is 39.9. The first kappa shape index (κ1) is 99.3. The molecule has 142 heavy (non-hydrogen) atoms. The minimum absolute atomic E-state index is 0.115. The van der Waals surface area contributed by atoms with Gasteiger partial charge in [-0.05, 0) is 308 Å². The molecule has 7 aromatic heterocycles. The molecule has 1 fully saturated rings. The third kappa shape index (κ3) is 23.1. The quantitative estimate of drug-likeness (QED) is 0.0438. The van der Waals surface area contributed by atoms with Gasteiger partial charge in [-0.25, -0.2) is 39.3 Å². The van der Waals surface area contributed by atoms with Crippen LogP contribution in [0.25, 0.3) is 79.1 Å². The van der Waals surface area contributed by atoms with E-state index in [4.69, 9.17) is 38.9 Å². The van der Waals surface area contributed by atoms with Crippen molar-refractivity contribution >= 4 is 52.4 Å². The number of nitrogens with zero attached hydrogens (tertiary/aromatic N) is 11. The molecule has 0 spiro atoms. The summed E-state index contributed by atoms with van der Waals surface area (Å²) in [6.07, 6.45) is 6.94. The Morgan fingerprint density at radius 2 is 0.704 bits per heavy atom. The van der Waals surface area contributed by atoms with Crippen LogP contribution in [0.3, 0.4) is 0 Å². The molecule has 5 aliphatic heterocycles. The average molecular weight is 1940 g/mol. The number of carboxylic acid groups (broad SMARTS) is 4. The molecular weight excluding hydrogens is 1820 g/mol. The number of rotatable bonds is 24. The second-order valence-electron chi connectivity index (χ2n) is 38.1. The molecule has 1 saturated heterocycles. The van der Waals surface area contributed by atoms with E-state index in [0.29, 0.717) is 73.6 Å². The van der Waals surface area contributed by atoms with E-state index in [1.807, 2.05) is 141 Å². The summed E-state index contributed by atoms with van der Waals surface area (Å²) < 4.78 is 27.0. The maximum atomic E-state index is 11.5. The van der Waals surface area contributed by atoms with E-state index in [9.17, 15) is 39.6 Å². The molecule has 0 aliphatic carbocycles. The highest BCUT2D eigenvalue weighted by Crippen LogP contribution is 2.42. The van der Waals surface area contributed by atoms with Crippen molar-refractivity contribution in [3.05, 3.63) is 350 Å². The number of ether oxygens (including phenoxy) is 4. The first-order chi connectivity index (χ1) is 68.5. The predicted molar refractivity (Wildman–Crippen MR) is 562 cm³/mol. The zero-order valence-electron chi connectivity index (χ0n) is 82.9. The van der Waals surface area contributed by atoms with E-state index >= 15 is 0 Å². The van der Waals surface area contributed by atoms with Gasteiger partial charge in [-0.15, -0.1) is 22.7 Å². The lowest BCUT2D eigenvalue weighted by molar-refractivity contribution is -0.142. The summed E-state index contributed by atoms with van der Waals surface area (Å²) in [6.45, 7) is 28.0. The number of carboxylic acids is 4. The van der Waals surface area contributed by atoms with Crippen LogP contribution < -0.4 is 23.8 Å². The lowest BCUT2D eigenvalue weighted by atomic mass is 9.92. The Morgan fingerprint density at radius 1 is 0.352 bits per heavy atom. The van der Waals surface area contributed by atoms with E-state index in [2.05, 4.69) is 189 Å². The van der Waals surface area contributed by atoms with Crippen molar-refractivity contribution < 1.29 is 58.6 Å². The van der Waals surface area contributed by atoms with Gasteiger partial charge in [-0.2, -0.15) is 0 Å². The normalized spacial score (nSPS) is 14.2. The largest absolute Gasteiger partial charge is 0.488 e. The molecule has 4 N–H and O–H groups in total. The summed E-state index contributed by atoms with van der Waals surface area (Å²) >= 11 is 2.47. The zero-order chi connectivity index (χ0) is 99.7. The molecule has 23 nitrogen and oxygen atoms in total. The van der Waals surface area contributed by atoms with Gasteiger partial charge in [-0.3, -0.25) is 4.79 Å². The van der Waals surface area contributed by atoms with Gasteiger partial charge in [0, 0.05) is 117 Å². The van der Waals surface area contributed by atoms with Gasteiger partial charge in [0.25, 0.3) is 0 Å². The van der Waals surface area contributed by atoms with Crippen molar-refractivity contribution in [3.63, 3.8) is 0 Å². The standard InChI is InChI=1S/C30H30N2O3S.C29H30N4O3.C29H33N3O3.C29H28N2O3S/c1-18-8-11-28(35-16-22-10-9-21-15-32(4)13-12-23(21)19(22)2)24(14-18)26-6-5-7-27(31-26)25-17-36-29(20(25)3)30(33)34;1-18-8-11-27(36-17-21-10-9-20-16-32(3)13-12-22(20)19(21)2)23(14-18)24-6-5-7-25(31-24)28-30-15-26(29(34)35)33(28)4;1-20-6-9-27(35-19-21-7-8-24-18-31(2)13-10-23(24)17-21)25(16-20)26-4-3-5-28(30-26)32-14-11-22(12-15-32)29(33)34;1-18-7-10-27(34-16-20-8-9-22-15-31(3)12-11-21(22)14-20)23(13-18)25-5-4-6-26(30-25)24-17-35-28(19(24)2)29(32)33/h5-11,14,17H,12-13,15-16H2,1-4H3,(H,33,34);5-11,14-15H,12-13,16-17H2,1-4H3,(H,34,35);3-9,16-17,22H,10-15,18-19H2,1-2H3,(H,33,34);4-10,13-14,17H,11-12,15-16H2,1-3H3,(H,32,33). The van der Waals surface area contributed by atoms with Gasteiger partial charge in [0.1, 0.15) is 76.4 Å². The van der Waals surface area contributed by atoms with Crippen molar-refractivity contribution in [2.45, 2.75) is 147 Å². The second kappa shape index (κ2) is 44.2. The SMILES string of the molecule is Cc1ccc(OCc2ccc3c(c2)CCN(C)C3)c(-c2cccc(-c3csc(C(=O)O)c3C)n2)c1.Cc1ccc(OCc2ccc3c(c2)CCN(C)C3)c(-c2cccc(N3CCC(C(=O)O)CC3)n2)c1.Cc1ccc(OCc2ccc3c(c2C)CCN(C)C3)c(-c2cccc(-c3csc(C(=O)O)c3C)n2)c1.Cc1ccc(OCc2ccc3c(c2C)CCN(C)C3)c(-c2cccc(-c3ncc(C(=O)O)n3C)n2)c1. The van der Waals surface area contributed by atoms with Crippen molar-refractivity contribution in [3.8, 4) is 102 Å². The number of aromatic nitrogens is 6. The number of imidazole rings is 1. The molecule has 20 rings (SSSR count). The molecule has 0 saturated carbocycles. The molecule has 0 amide bonds. The Balaban J connectivity index is 0.000000130. The molecular formula is C117H121N11O12S2. The molecule has 0 bridgehead atoms. The maximum absolute atomic E-state index is 11.5. The van der Waals surface area contributed by atoms with Crippen LogP contribution in [0.2, 0.25) is 0 Å². The predicted octanol–water partition coefficient (Wildman–Crippen LogP) is 23.0. The van der Waals surface area contributed by atoms with Crippen LogP contribution in [0.1, 0.15) is 154 Å². The van der Waals surface area contributed by atoms with Gasteiger partial charge in [0.15, 0.2) is 5.82 Å². The number of aromatic carboxylic acids is 3. The number of anilines is 1. The number of thiophene rings is 2. The summed E-state index contributed by atoms with van der Waals surface area (Å²) in [5, 5.41) is 41.3. The van der Waals surface area contributed by atoms with Crippen molar-refractivity contribution in [2.75, 3.05) is 72.4 Å². The smallest absolute Gasteiger partial charge is 0.354 e. The van der Waals surface area contributed by atoms with Crippen LogP contribution in [0.4, 0.5) is 5.82 Å². The Bertz CT molecular complexity index is 7010. The third-order valence-electron chi connectivity index (χ3n) is 27.7. The highest BCUT2D eigenvalue weighted by Gasteiger charge is 2.29. The van der Waals surface area contributed by atoms with Gasteiger partial charge < -0.3 is 68.4 Å². The number of carbonyl (C=O) groups is 4. The van der Waals surface area contributed by atoms with E-state index in [0.717, 1.165) is 213 Å². The van der Waals surface area contributed by atoms with E-state index < -0.39 is 23.9 Å². The number of pyridine rings is 4. The van der Waals surface area contributed by atoms with E-state index in [1.54, 1.807) is 11.6 Å². The van der Waals surface area contributed by atoms with Crippen LogP contribution in [-0.2, 0) is 90.1 Å². The van der Waals surface area contributed by atoms with Crippen LogP contribution in [-0.4, -0.2) is 161 Å². The molecule has 5 aliphatic rings. The number of fused-ring (bicyclic) bond motifs is 4. The minimum Gasteiger partial charge on any atom is -0.488 e. The van der Waals surface area contributed by atoms with Crippen LogP contribution in [0, 0.1) is 61.3 Å². The van der Waals surface area contributed by atoms with Crippen LogP contribution >= 0.6 is 22.7 Å².